The third kappa shape index (κ3) is 3.88. The molecule has 0 bridgehead atoms. The average molecular weight is 261 g/mol. The molecule has 0 saturated heterocycles. The van der Waals surface area contributed by atoms with Crippen LogP contribution in [0, 0.1) is 11.3 Å². The second-order valence-corrected chi connectivity index (χ2v) is 4.09. The molecule has 19 heavy (non-hydrogen) atoms. The van der Waals surface area contributed by atoms with Crippen LogP contribution in [0.25, 0.3) is 0 Å². The minimum absolute atomic E-state index is 0.0832. The number of benzene rings is 1. The molecule has 1 aromatic rings. The minimum Gasteiger partial charge on any atom is -0.497 e. The van der Waals surface area contributed by atoms with E-state index in [9.17, 15) is 10.1 Å². The van der Waals surface area contributed by atoms with Crippen molar-refractivity contribution in [1.82, 2.24) is 5.32 Å². The highest BCUT2D eigenvalue weighted by molar-refractivity contribution is 5.82. The van der Waals surface area contributed by atoms with Crippen molar-refractivity contribution in [1.29, 1.82) is 5.26 Å². The van der Waals surface area contributed by atoms with Gasteiger partial charge in [0.15, 0.2) is 0 Å². The molecular weight excluding hydrogens is 242 g/mol. The molecule has 1 amide bonds. The molecule has 0 aromatic heterocycles. The fourth-order valence-electron chi connectivity index (χ4n) is 1.80. The van der Waals surface area contributed by atoms with Crippen molar-refractivity contribution in [2.75, 3.05) is 32.1 Å². The second kappa shape index (κ2) is 7.27. The highest BCUT2D eigenvalue weighted by atomic mass is 16.5. The van der Waals surface area contributed by atoms with Crippen LogP contribution in [-0.4, -0.2) is 33.2 Å². The van der Waals surface area contributed by atoms with Crippen LogP contribution in [0.1, 0.15) is 18.9 Å². The lowest BCUT2D eigenvalue weighted by Gasteiger charge is -2.24. The lowest BCUT2D eigenvalue weighted by molar-refractivity contribution is -0.119. The molecule has 5 nitrogen and oxygen atoms in total. The Labute approximate surface area is 113 Å². The van der Waals surface area contributed by atoms with Gasteiger partial charge in [-0.1, -0.05) is 6.92 Å². The predicted molar refractivity (Wildman–Crippen MR) is 74.3 cm³/mol. The minimum atomic E-state index is -0.0832. The number of hydrogen-bond acceptors (Lipinski definition) is 4. The summed E-state index contributed by atoms with van der Waals surface area (Å²) in [6, 6.07) is 7.39. The molecule has 5 heteroatoms. The summed E-state index contributed by atoms with van der Waals surface area (Å²) < 4.78 is 5.18. The maximum atomic E-state index is 11.6. The van der Waals surface area contributed by atoms with E-state index in [0.29, 0.717) is 17.9 Å². The van der Waals surface area contributed by atoms with E-state index in [0.717, 1.165) is 12.1 Å². The molecule has 0 unspecified atom stereocenters. The summed E-state index contributed by atoms with van der Waals surface area (Å²) in [7, 11) is 3.18. The van der Waals surface area contributed by atoms with Crippen molar-refractivity contribution in [3.63, 3.8) is 0 Å². The summed E-state index contributed by atoms with van der Waals surface area (Å²) in [5.41, 5.74) is 1.27. The monoisotopic (exact) mass is 261 g/mol. The molecule has 0 aliphatic rings. The van der Waals surface area contributed by atoms with E-state index in [-0.39, 0.29) is 12.5 Å². The van der Waals surface area contributed by atoms with Crippen LogP contribution in [-0.2, 0) is 4.79 Å². The number of likely N-dealkylation sites (N-methyl/N-ethyl adjacent to an activating group) is 1. The van der Waals surface area contributed by atoms with Gasteiger partial charge in [-0.05, 0) is 18.6 Å². The first kappa shape index (κ1) is 14.8. The second-order valence-electron chi connectivity index (χ2n) is 4.09. The lowest BCUT2D eigenvalue weighted by Crippen LogP contribution is -2.36. The standard InChI is InChI=1S/C14H19N3O2/c1-4-7-17(10-14(18)16-2)13-8-12(19-3)6-5-11(13)9-15/h5-6,8H,4,7,10H2,1-3H3,(H,16,18). The molecule has 0 heterocycles. The number of hydrogen-bond donors (Lipinski definition) is 1. The van der Waals surface area contributed by atoms with Crippen molar-refractivity contribution in [2.45, 2.75) is 13.3 Å². The van der Waals surface area contributed by atoms with Crippen molar-refractivity contribution in [3.8, 4) is 11.8 Å². The first-order valence-electron chi connectivity index (χ1n) is 6.19. The van der Waals surface area contributed by atoms with Crippen LogP contribution in [0.4, 0.5) is 5.69 Å². The molecule has 1 aromatic carbocycles. The molecule has 1 rings (SSSR count). The number of ether oxygens (including phenoxy) is 1. The summed E-state index contributed by atoms with van der Waals surface area (Å²) in [5.74, 6) is 0.590. The van der Waals surface area contributed by atoms with E-state index in [2.05, 4.69) is 11.4 Å². The lowest BCUT2D eigenvalue weighted by atomic mass is 10.1. The third-order valence-electron chi connectivity index (χ3n) is 2.77. The zero-order valence-corrected chi connectivity index (χ0v) is 11.6. The Bertz CT molecular complexity index is 480. The van der Waals surface area contributed by atoms with Gasteiger partial charge in [-0.2, -0.15) is 5.26 Å². The molecule has 0 saturated carbocycles. The number of amides is 1. The molecule has 0 aliphatic heterocycles. The van der Waals surface area contributed by atoms with Gasteiger partial charge < -0.3 is 15.0 Å². The molecule has 0 fully saturated rings. The van der Waals surface area contributed by atoms with Crippen LogP contribution in [0.3, 0.4) is 0 Å². The zero-order chi connectivity index (χ0) is 14.3. The van der Waals surface area contributed by atoms with Gasteiger partial charge in [0.2, 0.25) is 5.91 Å². The van der Waals surface area contributed by atoms with E-state index in [1.54, 1.807) is 32.4 Å². The smallest absolute Gasteiger partial charge is 0.239 e. The Hall–Kier alpha value is -2.22. The summed E-state index contributed by atoms with van der Waals surface area (Å²) in [6.45, 7) is 2.96. The number of nitrogens with zero attached hydrogens (tertiary/aromatic N) is 2. The molecule has 0 aliphatic carbocycles. The Morgan fingerprint density at radius 3 is 2.79 bits per heavy atom. The molecule has 0 radical (unpaired) electrons. The van der Waals surface area contributed by atoms with Gasteiger partial charge >= 0.3 is 0 Å². The van der Waals surface area contributed by atoms with Crippen LogP contribution in [0.2, 0.25) is 0 Å². The molecule has 1 N–H and O–H groups in total. The Kier molecular flexibility index (Phi) is 5.68. The predicted octanol–water partition coefficient (Wildman–Crippen LogP) is 1.53. The number of carbonyl (C=O) groups excluding carboxylic acids is 1. The fourth-order valence-corrected chi connectivity index (χ4v) is 1.80. The third-order valence-corrected chi connectivity index (χ3v) is 2.77. The quantitative estimate of drug-likeness (QED) is 0.843. The number of nitrogens with one attached hydrogen (secondary N) is 1. The number of methoxy groups -OCH3 is 1. The molecule has 0 spiro atoms. The van der Waals surface area contributed by atoms with Crippen molar-refractivity contribution in [3.05, 3.63) is 23.8 Å². The van der Waals surface area contributed by atoms with Crippen LogP contribution >= 0.6 is 0 Å². The highest BCUT2D eigenvalue weighted by Gasteiger charge is 2.14. The van der Waals surface area contributed by atoms with E-state index in [4.69, 9.17) is 4.74 Å². The van der Waals surface area contributed by atoms with E-state index >= 15 is 0 Å². The summed E-state index contributed by atoms with van der Waals surface area (Å²) >= 11 is 0. The van der Waals surface area contributed by atoms with Gasteiger partial charge in [-0.25, -0.2) is 0 Å². The van der Waals surface area contributed by atoms with E-state index in [1.807, 2.05) is 11.8 Å². The Morgan fingerprint density at radius 2 is 2.26 bits per heavy atom. The van der Waals surface area contributed by atoms with Gasteiger partial charge in [-0.3, -0.25) is 4.79 Å². The van der Waals surface area contributed by atoms with Gasteiger partial charge in [0.05, 0.1) is 24.9 Å². The summed E-state index contributed by atoms with van der Waals surface area (Å²) in [6.07, 6.45) is 0.888. The average Bonchev–Trinajstić information content (AvgIpc) is 2.45. The zero-order valence-electron chi connectivity index (χ0n) is 11.6. The normalized spacial score (nSPS) is 9.58. The molecule has 102 valence electrons. The topological polar surface area (TPSA) is 65.4 Å². The Morgan fingerprint density at radius 1 is 1.53 bits per heavy atom. The molecular formula is C14H19N3O2. The van der Waals surface area contributed by atoms with Crippen LogP contribution < -0.4 is 15.0 Å². The largest absolute Gasteiger partial charge is 0.497 e. The van der Waals surface area contributed by atoms with Crippen molar-refractivity contribution < 1.29 is 9.53 Å². The maximum Gasteiger partial charge on any atom is 0.239 e. The van der Waals surface area contributed by atoms with Gasteiger partial charge in [0.1, 0.15) is 11.8 Å². The summed E-state index contributed by atoms with van der Waals surface area (Å²) in [4.78, 5) is 13.4. The fraction of sp³-hybridized carbons (Fsp3) is 0.429. The van der Waals surface area contributed by atoms with Gasteiger partial charge in [0.25, 0.3) is 0 Å². The van der Waals surface area contributed by atoms with E-state index in [1.165, 1.54) is 0 Å². The Balaban J connectivity index is 3.12. The number of rotatable bonds is 6. The number of carbonyl (C=O) groups is 1. The first-order chi connectivity index (χ1) is 9.15. The SMILES string of the molecule is CCCN(CC(=O)NC)c1cc(OC)ccc1C#N. The number of anilines is 1. The number of nitriles is 1. The summed E-state index contributed by atoms with van der Waals surface area (Å²) in [5, 5.41) is 11.8. The van der Waals surface area contributed by atoms with Gasteiger partial charge in [-0.15, -0.1) is 0 Å². The first-order valence-corrected chi connectivity index (χ1v) is 6.19. The molecule has 0 atom stereocenters. The van der Waals surface area contributed by atoms with Crippen LogP contribution in [0.15, 0.2) is 18.2 Å². The van der Waals surface area contributed by atoms with Crippen LogP contribution in [0.5, 0.6) is 5.75 Å². The highest BCUT2D eigenvalue weighted by Crippen LogP contribution is 2.25. The van der Waals surface area contributed by atoms with Crippen molar-refractivity contribution >= 4 is 11.6 Å². The van der Waals surface area contributed by atoms with Crippen molar-refractivity contribution in [2.24, 2.45) is 0 Å². The maximum absolute atomic E-state index is 11.6. The van der Waals surface area contributed by atoms with Gasteiger partial charge in [0, 0.05) is 19.7 Å². The van der Waals surface area contributed by atoms with E-state index < -0.39 is 0 Å².